The summed E-state index contributed by atoms with van der Waals surface area (Å²) in [6.45, 7) is 4.00. The van der Waals surface area contributed by atoms with Gasteiger partial charge in [0, 0.05) is 0 Å². The molecule has 2 heteroatoms. The fraction of sp³-hybridized carbons (Fsp3) is 0.400. The first-order valence-electron chi connectivity index (χ1n) is 4.10. The van der Waals surface area contributed by atoms with Gasteiger partial charge >= 0.3 is 0 Å². The summed E-state index contributed by atoms with van der Waals surface area (Å²) in [6, 6.07) is 9.68. The lowest BCUT2D eigenvalue weighted by Crippen LogP contribution is -1.78. The largest absolute Gasteiger partial charge is 0.497 e. The van der Waals surface area contributed by atoms with Crippen molar-refractivity contribution in [3.8, 4) is 5.75 Å². The Labute approximate surface area is 75.4 Å². The number of para-hydroxylation sites is 1. The first kappa shape index (κ1) is 13.6. The molecule has 0 saturated heterocycles. The summed E-state index contributed by atoms with van der Waals surface area (Å²) in [4.78, 5) is 0. The van der Waals surface area contributed by atoms with Crippen LogP contribution in [0.25, 0.3) is 0 Å². The Kier molecular flexibility index (Phi) is 14.3. The van der Waals surface area contributed by atoms with E-state index in [2.05, 4.69) is 5.73 Å². The van der Waals surface area contributed by atoms with Crippen molar-refractivity contribution in [2.45, 2.75) is 13.8 Å². The van der Waals surface area contributed by atoms with Crippen LogP contribution < -0.4 is 10.5 Å². The molecule has 0 saturated carbocycles. The van der Waals surface area contributed by atoms with Crippen molar-refractivity contribution < 1.29 is 4.74 Å². The second-order valence-corrected chi connectivity index (χ2v) is 1.52. The van der Waals surface area contributed by atoms with Crippen LogP contribution in [0.1, 0.15) is 13.8 Å². The molecule has 0 fully saturated rings. The molecule has 1 aromatic rings. The fourth-order valence-corrected chi connectivity index (χ4v) is 0.557. The van der Waals surface area contributed by atoms with Gasteiger partial charge in [-0.1, -0.05) is 32.0 Å². The zero-order chi connectivity index (χ0) is 9.82. The standard InChI is InChI=1S/C7H8O.C2H6.CH5N/c1-8-7-5-3-2-4-6-7;2*1-2/h2-6H,1H3;1-2H3;2H2,1H3. The number of hydrogen-bond acceptors (Lipinski definition) is 2. The molecule has 0 aliphatic rings. The van der Waals surface area contributed by atoms with Gasteiger partial charge in [-0.15, -0.1) is 0 Å². The lowest BCUT2D eigenvalue weighted by molar-refractivity contribution is 0.415. The summed E-state index contributed by atoms with van der Waals surface area (Å²) in [5, 5.41) is 0. The van der Waals surface area contributed by atoms with Crippen LogP contribution in [0.4, 0.5) is 0 Å². The van der Waals surface area contributed by atoms with Crippen LogP contribution in [0.3, 0.4) is 0 Å². The van der Waals surface area contributed by atoms with Crippen molar-refractivity contribution in [2.24, 2.45) is 5.73 Å². The third-order valence-corrected chi connectivity index (χ3v) is 0.979. The molecule has 1 aromatic carbocycles. The number of ether oxygens (including phenoxy) is 1. The Hall–Kier alpha value is -1.02. The molecule has 0 atom stereocenters. The van der Waals surface area contributed by atoms with Gasteiger partial charge in [-0.25, -0.2) is 0 Å². The quantitative estimate of drug-likeness (QED) is 0.700. The number of rotatable bonds is 1. The Morgan fingerprint density at radius 1 is 1.00 bits per heavy atom. The lowest BCUT2D eigenvalue weighted by Gasteiger charge is -1.93. The van der Waals surface area contributed by atoms with E-state index in [4.69, 9.17) is 4.74 Å². The van der Waals surface area contributed by atoms with E-state index in [1.54, 1.807) is 7.11 Å². The van der Waals surface area contributed by atoms with E-state index >= 15 is 0 Å². The van der Waals surface area contributed by atoms with Crippen LogP contribution in [0.2, 0.25) is 0 Å². The molecule has 0 unspecified atom stereocenters. The third kappa shape index (κ3) is 7.09. The van der Waals surface area contributed by atoms with E-state index in [0.29, 0.717) is 0 Å². The average Bonchev–Trinajstić information content (AvgIpc) is 2.25. The summed E-state index contributed by atoms with van der Waals surface area (Å²) in [7, 11) is 3.16. The summed E-state index contributed by atoms with van der Waals surface area (Å²) >= 11 is 0. The Morgan fingerprint density at radius 3 is 1.67 bits per heavy atom. The summed E-state index contributed by atoms with van der Waals surface area (Å²) < 4.78 is 4.91. The highest BCUT2D eigenvalue weighted by Gasteiger charge is 1.80. The Bertz CT molecular complexity index is 151. The summed E-state index contributed by atoms with van der Waals surface area (Å²) in [6.07, 6.45) is 0. The fourth-order valence-electron chi connectivity index (χ4n) is 0.557. The Balaban J connectivity index is 0. The summed E-state index contributed by atoms with van der Waals surface area (Å²) in [5.41, 5.74) is 4.50. The maximum absolute atomic E-state index is 4.91. The normalized spacial score (nSPS) is 6.75. The van der Waals surface area contributed by atoms with Crippen molar-refractivity contribution in [1.29, 1.82) is 0 Å². The van der Waals surface area contributed by atoms with Crippen LogP contribution >= 0.6 is 0 Å². The molecule has 1 rings (SSSR count). The molecule has 0 radical (unpaired) electrons. The topological polar surface area (TPSA) is 35.2 Å². The highest BCUT2D eigenvalue weighted by molar-refractivity contribution is 5.20. The van der Waals surface area contributed by atoms with Gasteiger partial charge in [0.25, 0.3) is 0 Å². The molecule has 0 aliphatic carbocycles. The lowest BCUT2D eigenvalue weighted by atomic mass is 10.3. The maximum Gasteiger partial charge on any atom is 0.118 e. The molecule has 2 nitrogen and oxygen atoms in total. The number of nitrogens with two attached hydrogens (primary N) is 1. The molecule has 0 heterocycles. The number of methoxy groups -OCH3 is 1. The van der Waals surface area contributed by atoms with Crippen LogP contribution in [0.15, 0.2) is 30.3 Å². The van der Waals surface area contributed by atoms with Crippen molar-refractivity contribution >= 4 is 0 Å². The maximum atomic E-state index is 4.91. The molecule has 0 spiro atoms. The minimum absolute atomic E-state index is 0.910. The van der Waals surface area contributed by atoms with Gasteiger partial charge in [-0.2, -0.15) is 0 Å². The van der Waals surface area contributed by atoms with Crippen LogP contribution in [-0.4, -0.2) is 14.2 Å². The Morgan fingerprint density at radius 2 is 1.42 bits per heavy atom. The molecule has 0 amide bonds. The molecular weight excluding hydrogens is 150 g/mol. The third-order valence-electron chi connectivity index (χ3n) is 0.979. The van der Waals surface area contributed by atoms with E-state index in [-0.39, 0.29) is 0 Å². The zero-order valence-electron chi connectivity index (χ0n) is 8.37. The summed E-state index contributed by atoms with van der Waals surface area (Å²) in [5.74, 6) is 0.910. The van der Waals surface area contributed by atoms with Crippen LogP contribution in [-0.2, 0) is 0 Å². The minimum atomic E-state index is 0.910. The molecule has 70 valence electrons. The SMILES string of the molecule is CC.CN.COc1ccccc1. The molecular formula is C10H19NO. The van der Waals surface area contributed by atoms with E-state index in [1.165, 1.54) is 7.05 Å². The van der Waals surface area contributed by atoms with E-state index < -0.39 is 0 Å². The molecule has 0 bridgehead atoms. The van der Waals surface area contributed by atoms with Crippen LogP contribution in [0, 0.1) is 0 Å². The van der Waals surface area contributed by atoms with Crippen molar-refractivity contribution in [2.75, 3.05) is 14.2 Å². The highest BCUT2D eigenvalue weighted by Crippen LogP contribution is 2.05. The second kappa shape index (κ2) is 12.6. The van der Waals surface area contributed by atoms with Crippen molar-refractivity contribution in [3.63, 3.8) is 0 Å². The molecule has 0 aromatic heterocycles. The van der Waals surface area contributed by atoms with E-state index in [0.717, 1.165) is 5.75 Å². The number of hydrogen-bond donors (Lipinski definition) is 1. The van der Waals surface area contributed by atoms with Gasteiger partial charge in [-0.05, 0) is 19.2 Å². The zero-order valence-corrected chi connectivity index (χ0v) is 8.37. The first-order valence-corrected chi connectivity index (χ1v) is 4.10. The van der Waals surface area contributed by atoms with Gasteiger partial charge in [0.05, 0.1) is 7.11 Å². The van der Waals surface area contributed by atoms with Gasteiger partial charge in [0.2, 0.25) is 0 Å². The van der Waals surface area contributed by atoms with Gasteiger partial charge in [0.1, 0.15) is 5.75 Å². The van der Waals surface area contributed by atoms with Gasteiger partial charge in [-0.3, -0.25) is 0 Å². The molecule has 2 N–H and O–H groups in total. The van der Waals surface area contributed by atoms with E-state index in [1.807, 2.05) is 44.2 Å². The van der Waals surface area contributed by atoms with Gasteiger partial charge < -0.3 is 10.5 Å². The monoisotopic (exact) mass is 169 g/mol. The molecule has 12 heavy (non-hydrogen) atoms. The van der Waals surface area contributed by atoms with Crippen LogP contribution in [0.5, 0.6) is 5.75 Å². The minimum Gasteiger partial charge on any atom is -0.497 e. The first-order chi connectivity index (χ1) is 5.93. The smallest absolute Gasteiger partial charge is 0.118 e. The highest BCUT2D eigenvalue weighted by atomic mass is 16.5. The van der Waals surface area contributed by atoms with Crippen molar-refractivity contribution in [1.82, 2.24) is 0 Å². The average molecular weight is 169 g/mol. The number of benzene rings is 1. The predicted octanol–water partition coefficient (Wildman–Crippen LogP) is 2.30. The molecule has 0 aliphatic heterocycles. The van der Waals surface area contributed by atoms with E-state index in [9.17, 15) is 0 Å². The second-order valence-electron chi connectivity index (χ2n) is 1.52. The van der Waals surface area contributed by atoms with Crippen molar-refractivity contribution in [3.05, 3.63) is 30.3 Å². The predicted molar refractivity (Wildman–Crippen MR) is 54.5 cm³/mol. The van der Waals surface area contributed by atoms with Gasteiger partial charge in [0.15, 0.2) is 0 Å².